The molecular formula is C46H28N4S. The van der Waals surface area contributed by atoms with Crippen LogP contribution in [0.1, 0.15) is 0 Å². The van der Waals surface area contributed by atoms with Crippen LogP contribution in [0.3, 0.4) is 0 Å². The molecule has 0 unspecified atom stereocenters. The molecule has 0 amide bonds. The number of fused-ring (bicyclic) bond motifs is 6. The normalized spacial score (nSPS) is 11.5. The highest BCUT2D eigenvalue weighted by atomic mass is 32.1. The van der Waals surface area contributed by atoms with E-state index in [1.165, 1.54) is 36.3 Å². The van der Waals surface area contributed by atoms with Gasteiger partial charge in [0, 0.05) is 43.1 Å². The molecule has 51 heavy (non-hydrogen) atoms. The van der Waals surface area contributed by atoms with Crippen molar-refractivity contribution in [3.8, 4) is 56.5 Å². The summed E-state index contributed by atoms with van der Waals surface area (Å²) in [7, 11) is 0. The van der Waals surface area contributed by atoms with E-state index in [1.807, 2.05) is 72.0 Å². The second-order valence-corrected chi connectivity index (χ2v) is 13.7. The maximum Gasteiger partial charge on any atom is 0.164 e. The molecule has 0 fully saturated rings. The molecule has 4 nitrogen and oxygen atoms in total. The van der Waals surface area contributed by atoms with Gasteiger partial charge in [-0.2, -0.15) is 0 Å². The van der Waals surface area contributed by atoms with Crippen molar-refractivity contribution < 1.29 is 0 Å². The van der Waals surface area contributed by atoms with Crippen LogP contribution in [0.25, 0.3) is 98.4 Å². The summed E-state index contributed by atoms with van der Waals surface area (Å²) in [5.41, 5.74) is 8.20. The first kappa shape index (κ1) is 29.4. The fourth-order valence-corrected chi connectivity index (χ4v) is 8.19. The number of aromatic nitrogens is 4. The third-order valence-electron chi connectivity index (χ3n) is 9.49. The van der Waals surface area contributed by atoms with E-state index in [-0.39, 0.29) is 0 Å². The zero-order chi connectivity index (χ0) is 33.7. The van der Waals surface area contributed by atoms with Gasteiger partial charge < -0.3 is 0 Å². The third kappa shape index (κ3) is 5.23. The van der Waals surface area contributed by atoms with E-state index in [9.17, 15) is 0 Å². The number of hydrogen-bond acceptors (Lipinski definition) is 5. The van der Waals surface area contributed by atoms with Crippen LogP contribution < -0.4 is 0 Å². The third-order valence-corrected chi connectivity index (χ3v) is 10.7. The van der Waals surface area contributed by atoms with Gasteiger partial charge in [0.05, 0.1) is 15.9 Å². The summed E-state index contributed by atoms with van der Waals surface area (Å²) in [5.74, 6) is 1.95. The smallest absolute Gasteiger partial charge is 0.164 e. The van der Waals surface area contributed by atoms with Gasteiger partial charge in [-0.25, -0.2) is 19.9 Å². The van der Waals surface area contributed by atoms with Gasteiger partial charge in [-0.15, -0.1) is 11.3 Å². The summed E-state index contributed by atoms with van der Waals surface area (Å²) in [5, 5.41) is 6.17. The molecule has 0 saturated heterocycles. The molecule has 7 aromatic carbocycles. The van der Waals surface area contributed by atoms with Gasteiger partial charge in [-0.1, -0.05) is 146 Å². The van der Waals surface area contributed by atoms with Crippen molar-refractivity contribution in [2.75, 3.05) is 0 Å². The Bertz CT molecular complexity index is 2840. The minimum Gasteiger partial charge on any atom is -0.246 e. The van der Waals surface area contributed by atoms with E-state index in [4.69, 9.17) is 19.9 Å². The molecule has 3 heterocycles. The van der Waals surface area contributed by atoms with Gasteiger partial charge in [0.2, 0.25) is 0 Å². The van der Waals surface area contributed by atoms with Crippen LogP contribution in [0.15, 0.2) is 170 Å². The lowest BCUT2D eigenvalue weighted by molar-refractivity contribution is 1.07. The monoisotopic (exact) mass is 668 g/mol. The number of thiophene rings is 1. The maximum absolute atomic E-state index is 5.36. The fourth-order valence-electron chi connectivity index (χ4n) is 6.96. The molecule has 5 heteroatoms. The average Bonchev–Trinajstić information content (AvgIpc) is 3.60. The number of rotatable bonds is 5. The van der Waals surface area contributed by atoms with Crippen LogP contribution in [0.2, 0.25) is 0 Å². The molecule has 0 N–H and O–H groups in total. The summed E-state index contributed by atoms with van der Waals surface area (Å²) in [6.07, 6.45) is 0. The first-order valence-electron chi connectivity index (χ1n) is 17.0. The van der Waals surface area contributed by atoms with Gasteiger partial charge in [-0.3, -0.25) is 0 Å². The minimum atomic E-state index is 0.642. The number of nitrogens with zero attached hydrogens (tertiary/aromatic N) is 4. The Labute approximate surface area is 298 Å². The molecule has 0 aliphatic heterocycles. The standard InChI is InChI=1S/C46H28N4S/c1-3-12-30(13-4-1)44-48-45(31-14-5-2-6-15-31)50-46(49-44)32-24-22-29(23-25-32)33-18-11-19-36(26-33)42-43-41(37-20-9-10-21-40(37)51-43)38-27-34-16-7-8-17-35(34)28-39(38)47-42/h1-28H. The van der Waals surface area contributed by atoms with E-state index in [0.717, 1.165) is 44.6 Å². The highest BCUT2D eigenvalue weighted by molar-refractivity contribution is 7.26. The molecule has 10 aromatic rings. The SMILES string of the molecule is c1ccc(-c2nc(-c3ccccc3)nc(-c3ccc(-c4cccc(-c5nc6cc7ccccc7cc6c6c5sc5ccccc56)c4)cc3)n2)cc1. The van der Waals surface area contributed by atoms with Crippen LogP contribution in [0.5, 0.6) is 0 Å². The van der Waals surface area contributed by atoms with E-state index in [1.54, 1.807) is 0 Å². The molecule has 0 spiro atoms. The predicted octanol–water partition coefficient (Wildman–Crippen LogP) is 12.3. The van der Waals surface area contributed by atoms with Crippen LogP contribution in [0, 0.1) is 0 Å². The zero-order valence-corrected chi connectivity index (χ0v) is 28.2. The Morgan fingerprint density at radius 3 is 1.57 bits per heavy atom. The van der Waals surface area contributed by atoms with E-state index < -0.39 is 0 Å². The van der Waals surface area contributed by atoms with Gasteiger partial charge in [0.15, 0.2) is 17.5 Å². The van der Waals surface area contributed by atoms with Gasteiger partial charge in [0.25, 0.3) is 0 Å². The van der Waals surface area contributed by atoms with Crippen molar-refractivity contribution in [2.24, 2.45) is 0 Å². The summed E-state index contributed by atoms with van der Waals surface area (Å²) >= 11 is 1.82. The average molecular weight is 669 g/mol. The second kappa shape index (κ2) is 12.1. The largest absolute Gasteiger partial charge is 0.246 e. The molecule has 0 radical (unpaired) electrons. The fraction of sp³-hybridized carbons (Fsp3) is 0. The van der Waals surface area contributed by atoms with Crippen LogP contribution in [-0.4, -0.2) is 19.9 Å². The Morgan fingerprint density at radius 1 is 0.353 bits per heavy atom. The molecule has 0 bridgehead atoms. The maximum atomic E-state index is 5.36. The number of hydrogen-bond donors (Lipinski definition) is 0. The molecule has 10 rings (SSSR count). The topological polar surface area (TPSA) is 51.6 Å². The van der Waals surface area contributed by atoms with Gasteiger partial charge >= 0.3 is 0 Å². The molecule has 0 aliphatic rings. The van der Waals surface area contributed by atoms with Gasteiger partial charge in [-0.05, 0) is 46.2 Å². The molecule has 0 aliphatic carbocycles. The van der Waals surface area contributed by atoms with Crippen molar-refractivity contribution in [1.29, 1.82) is 0 Å². The highest BCUT2D eigenvalue weighted by Crippen LogP contribution is 2.44. The Kier molecular flexibility index (Phi) is 6.96. The molecule has 0 saturated carbocycles. The van der Waals surface area contributed by atoms with Crippen molar-refractivity contribution in [1.82, 2.24) is 19.9 Å². The number of pyridine rings is 1. The van der Waals surface area contributed by atoms with Crippen LogP contribution >= 0.6 is 11.3 Å². The predicted molar refractivity (Wildman–Crippen MR) is 213 cm³/mol. The van der Waals surface area contributed by atoms with E-state index in [2.05, 4.69) is 109 Å². The molecule has 3 aromatic heterocycles. The van der Waals surface area contributed by atoms with E-state index >= 15 is 0 Å². The highest BCUT2D eigenvalue weighted by Gasteiger charge is 2.18. The summed E-state index contributed by atoms with van der Waals surface area (Å²) < 4.78 is 2.48. The Morgan fingerprint density at radius 2 is 0.882 bits per heavy atom. The Hall–Kier alpha value is -6.56. The van der Waals surface area contributed by atoms with Crippen LogP contribution in [-0.2, 0) is 0 Å². The number of benzene rings is 7. The molecule has 0 atom stereocenters. The van der Waals surface area contributed by atoms with Crippen molar-refractivity contribution in [3.05, 3.63) is 170 Å². The molecular weight excluding hydrogens is 641 g/mol. The Balaban J connectivity index is 1.07. The quantitative estimate of drug-likeness (QED) is 0.171. The lowest BCUT2D eigenvalue weighted by Crippen LogP contribution is -2.00. The van der Waals surface area contributed by atoms with Crippen molar-refractivity contribution in [2.45, 2.75) is 0 Å². The lowest BCUT2D eigenvalue weighted by atomic mass is 9.98. The van der Waals surface area contributed by atoms with Crippen molar-refractivity contribution >= 4 is 53.2 Å². The lowest BCUT2D eigenvalue weighted by Gasteiger charge is -2.11. The minimum absolute atomic E-state index is 0.642. The summed E-state index contributed by atoms with van der Waals surface area (Å²) in [6, 6.07) is 59.2. The summed E-state index contributed by atoms with van der Waals surface area (Å²) in [6.45, 7) is 0. The van der Waals surface area contributed by atoms with Crippen molar-refractivity contribution in [3.63, 3.8) is 0 Å². The molecule has 238 valence electrons. The zero-order valence-electron chi connectivity index (χ0n) is 27.4. The second-order valence-electron chi connectivity index (χ2n) is 12.7. The summed E-state index contributed by atoms with van der Waals surface area (Å²) in [4.78, 5) is 20.0. The van der Waals surface area contributed by atoms with Crippen LogP contribution in [0.4, 0.5) is 0 Å². The van der Waals surface area contributed by atoms with E-state index in [0.29, 0.717) is 17.5 Å². The first-order chi connectivity index (χ1) is 25.2. The van der Waals surface area contributed by atoms with Gasteiger partial charge in [0.1, 0.15) is 0 Å². The first-order valence-corrected chi connectivity index (χ1v) is 17.8.